The molecule has 0 radical (unpaired) electrons. The Morgan fingerprint density at radius 1 is 1.30 bits per heavy atom. The lowest BCUT2D eigenvalue weighted by atomic mass is 10.2. The van der Waals surface area contributed by atoms with Crippen molar-refractivity contribution < 1.29 is 0 Å². The Bertz CT molecular complexity index is 537. The van der Waals surface area contributed by atoms with Crippen LogP contribution >= 0.6 is 0 Å². The summed E-state index contributed by atoms with van der Waals surface area (Å²) in [6, 6.07) is 6.33. The number of pyridine rings is 1. The molecule has 1 aliphatic rings. The number of rotatable bonds is 5. The highest BCUT2D eigenvalue weighted by molar-refractivity contribution is 5.32. The second-order valence-corrected chi connectivity index (χ2v) is 4.98. The van der Waals surface area contributed by atoms with E-state index in [9.17, 15) is 0 Å². The topological polar surface area (TPSA) is 62.7 Å². The standard InChI is InChI=1S/C15H19N5/c1-2-7-17-12(4-1)6-9-19-15-11-16-10-14(20-15)13-5-3-8-18-13/h1-2,4,7,10-11,13,18H,3,5-6,8-9H2,(H,19,20). The molecule has 0 amide bonds. The maximum absolute atomic E-state index is 4.63. The molecule has 0 aromatic carbocycles. The summed E-state index contributed by atoms with van der Waals surface area (Å²) in [5.74, 6) is 0.840. The smallest absolute Gasteiger partial charge is 0.144 e. The van der Waals surface area contributed by atoms with Gasteiger partial charge in [0.1, 0.15) is 5.82 Å². The lowest BCUT2D eigenvalue weighted by molar-refractivity contribution is 0.625. The number of aromatic nitrogens is 3. The number of nitrogens with one attached hydrogen (secondary N) is 2. The molecule has 1 saturated heterocycles. The van der Waals surface area contributed by atoms with Gasteiger partial charge in [0.2, 0.25) is 0 Å². The molecule has 1 fully saturated rings. The zero-order chi connectivity index (χ0) is 13.6. The van der Waals surface area contributed by atoms with Crippen LogP contribution in [0.4, 0.5) is 5.82 Å². The fourth-order valence-corrected chi connectivity index (χ4v) is 2.44. The summed E-state index contributed by atoms with van der Waals surface area (Å²) in [6.45, 7) is 1.89. The van der Waals surface area contributed by atoms with E-state index in [0.29, 0.717) is 6.04 Å². The van der Waals surface area contributed by atoms with E-state index < -0.39 is 0 Å². The Kier molecular flexibility index (Phi) is 4.18. The summed E-state index contributed by atoms with van der Waals surface area (Å²) in [5.41, 5.74) is 2.12. The quantitative estimate of drug-likeness (QED) is 0.868. The van der Waals surface area contributed by atoms with E-state index in [1.165, 1.54) is 6.42 Å². The molecule has 0 bridgehead atoms. The van der Waals surface area contributed by atoms with Gasteiger partial charge in [-0.2, -0.15) is 0 Å². The van der Waals surface area contributed by atoms with Crippen LogP contribution in [0.25, 0.3) is 0 Å². The Labute approximate surface area is 118 Å². The van der Waals surface area contributed by atoms with Crippen LogP contribution in [-0.2, 0) is 6.42 Å². The highest BCUT2D eigenvalue weighted by Gasteiger charge is 2.17. The van der Waals surface area contributed by atoms with Gasteiger partial charge >= 0.3 is 0 Å². The predicted octanol–water partition coefficient (Wildman–Crippen LogP) is 1.95. The molecule has 2 aromatic heterocycles. The number of hydrogen-bond acceptors (Lipinski definition) is 5. The normalized spacial score (nSPS) is 18.1. The van der Waals surface area contributed by atoms with E-state index in [0.717, 1.165) is 43.1 Å². The van der Waals surface area contributed by atoms with Crippen molar-refractivity contribution in [2.75, 3.05) is 18.4 Å². The zero-order valence-electron chi connectivity index (χ0n) is 11.4. The molecule has 1 atom stereocenters. The number of nitrogens with zero attached hydrogens (tertiary/aromatic N) is 3. The van der Waals surface area contributed by atoms with Crippen molar-refractivity contribution in [3.63, 3.8) is 0 Å². The third kappa shape index (κ3) is 3.30. The molecule has 3 rings (SSSR count). The van der Waals surface area contributed by atoms with E-state index in [4.69, 9.17) is 0 Å². The summed E-state index contributed by atoms with van der Waals surface area (Å²) in [5, 5.41) is 6.76. The lowest BCUT2D eigenvalue weighted by Gasteiger charge is -2.11. The minimum atomic E-state index is 0.361. The molecular weight excluding hydrogens is 250 g/mol. The second kappa shape index (κ2) is 6.43. The molecule has 2 aromatic rings. The Morgan fingerprint density at radius 2 is 2.30 bits per heavy atom. The summed E-state index contributed by atoms with van der Waals surface area (Å²) in [7, 11) is 0. The fraction of sp³-hybridized carbons (Fsp3) is 0.400. The molecular formula is C15H19N5. The Morgan fingerprint density at radius 3 is 3.10 bits per heavy atom. The summed E-state index contributed by atoms with van der Waals surface area (Å²) in [4.78, 5) is 13.2. The monoisotopic (exact) mass is 269 g/mol. The van der Waals surface area contributed by atoms with Crippen molar-refractivity contribution >= 4 is 5.82 Å². The van der Waals surface area contributed by atoms with Crippen molar-refractivity contribution in [2.45, 2.75) is 25.3 Å². The Hall–Kier alpha value is -2.01. The van der Waals surface area contributed by atoms with Crippen LogP contribution in [-0.4, -0.2) is 28.0 Å². The van der Waals surface area contributed by atoms with Crippen molar-refractivity contribution in [3.8, 4) is 0 Å². The van der Waals surface area contributed by atoms with E-state index >= 15 is 0 Å². The van der Waals surface area contributed by atoms with Crippen LogP contribution in [0.15, 0.2) is 36.8 Å². The van der Waals surface area contributed by atoms with Gasteiger partial charge in [0.05, 0.1) is 24.1 Å². The maximum Gasteiger partial charge on any atom is 0.144 e. The lowest BCUT2D eigenvalue weighted by Crippen LogP contribution is -2.16. The number of anilines is 1. The van der Waals surface area contributed by atoms with Crippen molar-refractivity contribution in [1.29, 1.82) is 0 Å². The molecule has 1 aliphatic heterocycles. The third-order valence-electron chi connectivity index (χ3n) is 3.48. The summed E-state index contributed by atoms with van der Waals surface area (Å²) < 4.78 is 0. The first kappa shape index (κ1) is 13.0. The molecule has 1 unspecified atom stereocenters. The van der Waals surface area contributed by atoms with E-state index in [2.05, 4.69) is 25.6 Å². The first-order chi connectivity index (χ1) is 9.92. The van der Waals surface area contributed by atoms with Crippen molar-refractivity contribution in [3.05, 3.63) is 48.2 Å². The van der Waals surface area contributed by atoms with Gasteiger partial charge in [-0.1, -0.05) is 6.07 Å². The minimum Gasteiger partial charge on any atom is -0.368 e. The first-order valence-electron chi connectivity index (χ1n) is 7.11. The average Bonchev–Trinajstić information content (AvgIpc) is 3.03. The van der Waals surface area contributed by atoms with Crippen LogP contribution in [0, 0.1) is 0 Å². The van der Waals surface area contributed by atoms with Gasteiger partial charge in [-0.05, 0) is 31.5 Å². The largest absolute Gasteiger partial charge is 0.368 e. The van der Waals surface area contributed by atoms with Crippen LogP contribution in [0.2, 0.25) is 0 Å². The predicted molar refractivity (Wildman–Crippen MR) is 78.4 cm³/mol. The SMILES string of the molecule is c1ccc(CCNc2cncc(C3CCCN3)n2)nc1. The van der Waals surface area contributed by atoms with Crippen LogP contribution < -0.4 is 10.6 Å². The van der Waals surface area contributed by atoms with Crippen molar-refractivity contribution in [1.82, 2.24) is 20.3 Å². The molecule has 0 saturated carbocycles. The molecule has 3 heterocycles. The van der Waals surface area contributed by atoms with Gasteiger partial charge in [-0.25, -0.2) is 4.98 Å². The molecule has 5 heteroatoms. The van der Waals surface area contributed by atoms with Crippen LogP contribution in [0.5, 0.6) is 0 Å². The minimum absolute atomic E-state index is 0.361. The van der Waals surface area contributed by atoms with Gasteiger partial charge in [-0.15, -0.1) is 0 Å². The highest BCUT2D eigenvalue weighted by atomic mass is 15.0. The Balaban J connectivity index is 1.56. The highest BCUT2D eigenvalue weighted by Crippen LogP contribution is 2.21. The van der Waals surface area contributed by atoms with Gasteiger partial charge in [0.15, 0.2) is 0 Å². The van der Waals surface area contributed by atoms with Crippen molar-refractivity contribution in [2.24, 2.45) is 0 Å². The summed E-state index contributed by atoms with van der Waals surface area (Å²) in [6.07, 6.45) is 8.69. The molecule has 5 nitrogen and oxygen atoms in total. The molecule has 20 heavy (non-hydrogen) atoms. The zero-order valence-corrected chi connectivity index (χ0v) is 11.4. The van der Waals surface area contributed by atoms with E-state index in [1.54, 1.807) is 6.20 Å². The number of hydrogen-bond donors (Lipinski definition) is 2. The average molecular weight is 269 g/mol. The molecule has 0 spiro atoms. The van der Waals surface area contributed by atoms with Gasteiger partial charge in [0, 0.05) is 24.9 Å². The van der Waals surface area contributed by atoms with Crippen LogP contribution in [0.1, 0.15) is 30.3 Å². The first-order valence-corrected chi connectivity index (χ1v) is 7.11. The van der Waals surface area contributed by atoms with Gasteiger partial charge in [0.25, 0.3) is 0 Å². The molecule has 104 valence electrons. The third-order valence-corrected chi connectivity index (χ3v) is 3.48. The second-order valence-electron chi connectivity index (χ2n) is 4.98. The molecule has 2 N–H and O–H groups in total. The van der Waals surface area contributed by atoms with E-state index in [-0.39, 0.29) is 0 Å². The van der Waals surface area contributed by atoms with E-state index in [1.807, 2.05) is 30.6 Å². The van der Waals surface area contributed by atoms with Crippen LogP contribution in [0.3, 0.4) is 0 Å². The van der Waals surface area contributed by atoms with Gasteiger partial charge in [-0.3, -0.25) is 9.97 Å². The fourth-order valence-electron chi connectivity index (χ4n) is 2.44. The molecule has 0 aliphatic carbocycles. The summed E-state index contributed by atoms with van der Waals surface area (Å²) >= 11 is 0. The maximum atomic E-state index is 4.63. The van der Waals surface area contributed by atoms with Gasteiger partial charge < -0.3 is 10.6 Å².